The molecule has 6 nitrogen and oxygen atoms in total. The molecule has 142 valence electrons. The zero-order valence-electron chi connectivity index (χ0n) is 14.7. The number of amides is 1. The van der Waals surface area contributed by atoms with E-state index < -0.39 is 9.84 Å². The Kier molecular flexibility index (Phi) is 6.79. The van der Waals surface area contributed by atoms with E-state index in [1.807, 2.05) is 0 Å². The van der Waals surface area contributed by atoms with Gasteiger partial charge in [-0.25, -0.2) is 13.4 Å². The number of anilines is 1. The van der Waals surface area contributed by atoms with Gasteiger partial charge in [0.25, 0.3) is 5.91 Å². The molecule has 0 bridgehead atoms. The largest absolute Gasteiger partial charge is 0.298 e. The number of thiazole rings is 1. The summed E-state index contributed by atoms with van der Waals surface area (Å²) < 4.78 is 23.6. The fourth-order valence-electron chi connectivity index (χ4n) is 2.72. The van der Waals surface area contributed by atoms with E-state index in [-0.39, 0.29) is 29.0 Å². The molecule has 1 aliphatic rings. The quantitative estimate of drug-likeness (QED) is 0.812. The number of likely N-dealkylation sites (N-methyl/N-ethyl adjacent to an activating group) is 1. The molecule has 2 aromatic rings. The Morgan fingerprint density at radius 3 is 2.58 bits per heavy atom. The Morgan fingerprint density at radius 2 is 1.96 bits per heavy atom. The molecular formula is C17H22ClN3O3S2. The lowest BCUT2D eigenvalue weighted by molar-refractivity contribution is 0.102. The molecule has 0 aliphatic carbocycles. The van der Waals surface area contributed by atoms with Crippen molar-refractivity contribution in [1.29, 1.82) is 0 Å². The molecule has 2 heterocycles. The number of carbonyl (C=O) groups excluding carboxylic acids is 1. The standard InChI is InChI=1S/C17H21N3O3S2.ClH/c1-3-20-10-9-14-15(11-20)24-17(18-14)19-16(21)12-5-7-13(8-6-12)25(22,23)4-2;/h5-8H,3-4,9-11H2,1-2H3,(H,18,19,21);1H. The topological polar surface area (TPSA) is 79.4 Å². The van der Waals surface area contributed by atoms with Crippen LogP contribution in [-0.4, -0.2) is 43.1 Å². The van der Waals surface area contributed by atoms with Crippen LogP contribution in [0.3, 0.4) is 0 Å². The van der Waals surface area contributed by atoms with Gasteiger partial charge in [0, 0.05) is 30.0 Å². The summed E-state index contributed by atoms with van der Waals surface area (Å²) in [5.41, 5.74) is 1.48. The number of sulfone groups is 1. The number of benzene rings is 1. The van der Waals surface area contributed by atoms with Crippen LogP contribution < -0.4 is 5.32 Å². The van der Waals surface area contributed by atoms with Crippen LogP contribution in [0.2, 0.25) is 0 Å². The lowest BCUT2D eigenvalue weighted by Gasteiger charge is -2.23. The number of halogens is 1. The molecule has 3 rings (SSSR count). The van der Waals surface area contributed by atoms with Crippen LogP contribution in [-0.2, 0) is 22.8 Å². The van der Waals surface area contributed by atoms with Gasteiger partial charge in [-0.05, 0) is 30.8 Å². The second-order valence-electron chi connectivity index (χ2n) is 5.89. The first-order valence-corrected chi connectivity index (χ1v) is 10.7. The maximum absolute atomic E-state index is 12.4. The SMILES string of the molecule is CCN1CCc2nc(NC(=O)c3ccc(S(=O)(=O)CC)cc3)sc2C1.Cl. The molecule has 0 radical (unpaired) electrons. The summed E-state index contributed by atoms with van der Waals surface area (Å²) in [6.45, 7) is 6.61. The van der Waals surface area contributed by atoms with Crippen LogP contribution >= 0.6 is 23.7 Å². The lowest BCUT2D eigenvalue weighted by atomic mass is 10.2. The number of aromatic nitrogens is 1. The molecule has 0 atom stereocenters. The Hall–Kier alpha value is -1.48. The van der Waals surface area contributed by atoms with E-state index in [0.29, 0.717) is 10.7 Å². The Bertz CT molecular complexity index is 879. The van der Waals surface area contributed by atoms with E-state index in [2.05, 4.69) is 22.1 Å². The van der Waals surface area contributed by atoms with Crippen molar-refractivity contribution in [3.05, 3.63) is 40.4 Å². The molecule has 9 heteroatoms. The second-order valence-corrected chi connectivity index (χ2v) is 9.25. The minimum atomic E-state index is -3.26. The highest BCUT2D eigenvalue weighted by molar-refractivity contribution is 7.91. The molecule has 1 amide bonds. The second kappa shape index (κ2) is 8.47. The fourth-order valence-corrected chi connectivity index (χ4v) is 4.65. The van der Waals surface area contributed by atoms with Crippen molar-refractivity contribution < 1.29 is 13.2 Å². The minimum Gasteiger partial charge on any atom is -0.298 e. The van der Waals surface area contributed by atoms with Gasteiger partial charge >= 0.3 is 0 Å². The number of carbonyl (C=O) groups is 1. The van der Waals surface area contributed by atoms with E-state index in [1.54, 1.807) is 6.92 Å². The average Bonchev–Trinajstić information content (AvgIpc) is 3.02. The molecule has 1 N–H and O–H groups in total. The van der Waals surface area contributed by atoms with Crippen molar-refractivity contribution >= 4 is 44.6 Å². The lowest BCUT2D eigenvalue weighted by Crippen LogP contribution is -2.29. The number of hydrogen-bond donors (Lipinski definition) is 1. The molecule has 0 saturated carbocycles. The Morgan fingerprint density at radius 1 is 1.27 bits per heavy atom. The van der Waals surface area contributed by atoms with Crippen molar-refractivity contribution in [2.24, 2.45) is 0 Å². The highest BCUT2D eigenvalue weighted by atomic mass is 35.5. The predicted molar refractivity (Wildman–Crippen MR) is 106 cm³/mol. The zero-order valence-corrected chi connectivity index (χ0v) is 17.1. The summed E-state index contributed by atoms with van der Waals surface area (Å²) in [6, 6.07) is 6.01. The summed E-state index contributed by atoms with van der Waals surface area (Å²) in [6.07, 6.45) is 0.902. The minimum absolute atomic E-state index is 0. The summed E-state index contributed by atoms with van der Waals surface area (Å²) in [5, 5.41) is 3.42. The van der Waals surface area contributed by atoms with Gasteiger partial charge in [0.2, 0.25) is 0 Å². The van der Waals surface area contributed by atoms with E-state index in [9.17, 15) is 13.2 Å². The molecule has 1 aromatic heterocycles. The number of fused-ring (bicyclic) bond motifs is 1. The van der Waals surface area contributed by atoms with E-state index >= 15 is 0 Å². The van der Waals surface area contributed by atoms with Gasteiger partial charge in [0.15, 0.2) is 15.0 Å². The average molecular weight is 416 g/mol. The normalized spacial score (nSPS) is 14.4. The third kappa shape index (κ3) is 4.43. The van der Waals surface area contributed by atoms with Gasteiger partial charge in [-0.15, -0.1) is 23.7 Å². The highest BCUT2D eigenvalue weighted by Crippen LogP contribution is 2.28. The van der Waals surface area contributed by atoms with Crippen LogP contribution in [0.1, 0.15) is 34.8 Å². The van der Waals surface area contributed by atoms with E-state index in [4.69, 9.17) is 0 Å². The monoisotopic (exact) mass is 415 g/mol. The van der Waals surface area contributed by atoms with Crippen molar-refractivity contribution in [2.75, 3.05) is 24.2 Å². The fraction of sp³-hybridized carbons (Fsp3) is 0.412. The smallest absolute Gasteiger partial charge is 0.257 e. The van der Waals surface area contributed by atoms with Crippen molar-refractivity contribution in [1.82, 2.24) is 9.88 Å². The summed E-state index contributed by atoms with van der Waals surface area (Å²) >= 11 is 1.51. The van der Waals surface area contributed by atoms with Gasteiger partial charge in [0.1, 0.15) is 0 Å². The number of nitrogens with zero attached hydrogens (tertiary/aromatic N) is 2. The number of rotatable bonds is 5. The zero-order chi connectivity index (χ0) is 18.0. The molecule has 1 aromatic carbocycles. The molecule has 0 spiro atoms. The van der Waals surface area contributed by atoms with Crippen LogP contribution in [0.4, 0.5) is 5.13 Å². The maximum Gasteiger partial charge on any atom is 0.257 e. The first kappa shape index (κ1) is 20.8. The third-order valence-corrected chi connectivity index (χ3v) is 7.08. The third-order valence-electron chi connectivity index (χ3n) is 4.33. The van der Waals surface area contributed by atoms with Gasteiger partial charge in [0.05, 0.1) is 16.3 Å². The maximum atomic E-state index is 12.4. The number of hydrogen-bond acceptors (Lipinski definition) is 6. The Labute approximate surface area is 164 Å². The van der Waals surface area contributed by atoms with Crippen LogP contribution in [0, 0.1) is 0 Å². The van der Waals surface area contributed by atoms with Crippen molar-refractivity contribution in [3.63, 3.8) is 0 Å². The molecular weight excluding hydrogens is 394 g/mol. The summed E-state index contributed by atoms with van der Waals surface area (Å²) in [5.74, 6) is -0.239. The van der Waals surface area contributed by atoms with E-state index in [0.717, 1.165) is 31.7 Å². The highest BCUT2D eigenvalue weighted by Gasteiger charge is 2.20. The van der Waals surface area contributed by atoms with Gasteiger partial charge < -0.3 is 0 Å². The summed E-state index contributed by atoms with van der Waals surface area (Å²) in [4.78, 5) is 20.7. The van der Waals surface area contributed by atoms with Gasteiger partial charge in [-0.2, -0.15) is 0 Å². The Balaban J connectivity index is 0.00000243. The molecule has 0 unspecified atom stereocenters. The van der Waals surface area contributed by atoms with E-state index in [1.165, 1.54) is 40.5 Å². The van der Waals surface area contributed by atoms with Gasteiger partial charge in [-0.1, -0.05) is 13.8 Å². The van der Waals surface area contributed by atoms with Crippen molar-refractivity contribution in [3.8, 4) is 0 Å². The molecule has 0 saturated heterocycles. The molecule has 0 fully saturated rings. The number of nitrogens with one attached hydrogen (secondary N) is 1. The van der Waals surface area contributed by atoms with Gasteiger partial charge in [-0.3, -0.25) is 15.0 Å². The van der Waals surface area contributed by atoms with Crippen LogP contribution in [0.5, 0.6) is 0 Å². The molecule has 26 heavy (non-hydrogen) atoms. The predicted octanol–water partition coefficient (Wildman–Crippen LogP) is 2.99. The molecule has 1 aliphatic heterocycles. The van der Waals surface area contributed by atoms with Crippen LogP contribution in [0.25, 0.3) is 0 Å². The van der Waals surface area contributed by atoms with Crippen molar-refractivity contribution in [2.45, 2.75) is 31.7 Å². The van der Waals surface area contributed by atoms with Crippen LogP contribution in [0.15, 0.2) is 29.2 Å². The summed E-state index contributed by atoms with van der Waals surface area (Å²) in [7, 11) is -3.26. The first-order valence-electron chi connectivity index (χ1n) is 8.28. The first-order chi connectivity index (χ1) is 11.9.